The minimum atomic E-state index is -0.443. The largest absolute Gasteiger partial charge is 0.466 e. The summed E-state index contributed by atoms with van der Waals surface area (Å²) in [4.78, 5) is 26.0. The lowest BCUT2D eigenvalue weighted by atomic mass is 10.1. The number of methoxy groups -OCH3 is 1. The van der Waals surface area contributed by atoms with E-state index >= 15 is 0 Å². The zero-order valence-electron chi connectivity index (χ0n) is 11.4. The summed E-state index contributed by atoms with van der Waals surface area (Å²) >= 11 is 0. The molecule has 20 heavy (non-hydrogen) atoms. The zero-order chi connectivity index (χ0) is 14.5. The fraction of sp³-hybridized carbons (Fsp3) is 0.200. The van der Waals surface area contributed by atoms with E-state index in [-0.39, 0.29) is 12.5 Å². The fourth-order valence-electron chi connectivity index (χ4n) is 1.97. The number of aryl methyl sites for hydroxylation is 1. The number of hydrogen-bond acceptors (Lipinski definition) is 3. The lowest BCUT2D eigenvalue weighted by Crippen LogP contribution is -2.24. The maximum Gasteiger partial charge on any atom is 0.330 e. The fourth-order valence-corrected chi connectivity index (χ4v) is 1.97. The summed E-state index contributed by atoms with van der Waals surface area (Å²) in [6, 6.07) is 7.74. The van der Waals surface area contributed by atoms with Crippen molar-refractivity contribution in [2.24, 2.45) is 0 Å². The Kier molecular flexibility index (Phi) is 4.20. The van der Waals surface area contributed by atoms with Gasteiger partial charge in [0.2, 0.25) is 0 Å². The number of esters is 1. The van der Waals surface area contributed by atoms with Gasteiger partial charge in [0, 0.05) is 23.5 Å². The molecule has 2 N–H and O–H groups in total. The third-order valence-corrected chi connectivity index (χ3v) is 3.03. The van der Waals surface area contributed by atoms with Crippen molar-refractivity contribution in [1.29, 1.82) is 0 Å². The number of amides is 1. The van der Waals surface area contributed by atoms with Gasteiger partial charge in [-0.05, 0) is 18.6 Å². The number of benzene rings is 1. The number of aromatic amines is 1. The van der Waals surface area contributed by atoms with Crippen LogP contribution in [0, 0.1) is 6.92 Å². The third kappa shape index (κ3) is 2.88. The first-order chi connectivity index (χ1) is 9.63. The highest BCUT2D eigenvalue weighted by atomic mass is 16.5. The van der Waals surface area contributed by atoms with Gasteiger partial charge in [-0.2, -0.15) is 0 Å². The summed E-state index contributed by atoms with van der Waals surface area (Å²) in [6.07, 6.45) is 2.82. The van der Waals surface area contributed by atoms with Crippen molar-refractivity contribution in [3.05, 3.63) is 47.7 Å². The first-order valence-electron chi connectivity index (χ1n) is 6.23. The van der Waals surface area contributed by atoms with Crippen LogP contribution in [0.2, 0.25) is 0 Å². The van der Waals surface area contributed by atoms with Gasteiger partial charge < -0.3 is 15.0 Å². The molecule has 1 aromatic carbocycles. The van der Waals surface area contributed by atoms with Crippen LogP contribution in [0.15, 0.2) is 36.4 Å². The number of carbonyl (C=O) groups excluding carboxylic acids is 2. The van der Waals surface area contributed by atoms with Gasteiger partial charge in [-0.15, -0.1) is 0 Å². The summed E-state index contributed by atoms with van der Waals surface area (Å²) in [7, 11) is 1.30. The Bertz CT molecular complexity index is 671. The van der Waals surface area contributed by atoms with Gasteiger partial charge in [-0.25, -0.2) is 4.79 Å². The maximum absolute atomic E-state index is 12.1. The van der Waals surface area contributed by atoms with Gasteiger partial charge in [-0.1, -0.05) is 24.3 Å². The van der Waals surface area contributed by atoms with Gasteiger partial charge in [0.25, 0.3) is 5.91 Å². The van der Waals surface area contributed by atoms with E-state index in [1.165, 1.54) is 13.2 Å². The van der Waals surface area contributed by atoms with Crippen LogP contribution in [-0.4, -0.2) is 30.5 Å². The molecule has 1 amide bonds. The minimum Gasteiger partial charge on any atom is -0.466 e. The van der Waals surface area contributed by atoms with Crippen molar-refractivity contribution < 1.29 is 14.3 Å². The summed E-state index contributed by atoms with van der Waals surface area (Å²) in [5.74, 6) is -0.644. The highest BCUT2D eigenvalue weighted by molar-refractivity contribution is 6.00. The molecule has 0 atom stereocenters. The summed E-state index contributed by atoms with van der Waals surface area (Å²) in [5, 5.41) is 3.75. The topological polar surface area (TPSA) is 71.2 Å². The Morgan fingerprint density at radius 2 is 2.10 bits per heavy atom. The van der Waals surface area contributed by atoms with Crippen molar-refractivity contribution in [2.75, 3.05) is 13.7 Å². The Labute approximate surface area is 116 Å². The molecule has 104 valence electrons. The van der Waals surface area contributed by atoms with Gasteiger partial charge in [0.1, 0.15) is 5.69 Å². The highest BCUT2D eigenvalue weighted by Gasteiger charge is 2.13. The number of nitrogens with one attached hydrogen (secondary N) is 2. The normalized spacial score (nSPS) is 10.9. The van der Waals surface area contributed by atoms with Crippen LogP contribution < -0.4 is 5.32 Å². The van der Waals surface area contributed by atoms with E-state index in [2.05, 4.69) is 15.0 Å². The van der Waals surface area contributed by atoms with Crippen LogP contribution in [0.5, 0.6) is 0 Å². The zero-order valence-corrected chi connectivity index (χ0v) is 11.4. The van der Waals surface area contributed by atoms with Gasteiger partial charge in [0.05, 0.1) is 7.11 Å². The number of fused-ring (bicyclic) bond motifs is 1. The van der Waals surface area contributed by atoms with Crippen LogP contribution >= 0.6 is 0 Å². The molecule has 0 saturated carbocycles. The standard InChI is InChI=1S/C15H16N2O3/c1-10-11-6-3-4-7-12(11)17-14(10)15(19)16-9-5-8-13(18)20-2/h3-8,17H,9H2,1-2H3,(H,16,19)/b8-5+. The Balaban J connectivity index is 2.06. The third-order valence-electron chi connectivity index (χ3n) is 3.03. The second kappa shape index (κ2) is 6.06. The quantitative estimate of drug-likeness (QED) is 0.660. The first kappa shape index (κ1) is 13.9. The molecule has 0 aliphatic carbocycles. The van der Waals surface area contributed by atoms with E-state index in [0.29, 0.717) is 5.69 Å². The Morgan fingerprint density at radius 3 is 2.80 bits per heavy atom. The van der Waals surface area contributed by atoms with Crippen molar-refractivity contribution >= 4 is 22.8 Å². The lowest BCUT2D eigenvalue weighted by Gasteiger charge is -2.01. The first-order valence-corrected chi connectivity index (χ1v) is 6.23. The van der Waals surface area contributed by atoms with Gasteiger partial charge >= 0.3 is 5.97 Å². The molecule has 0 fully saturated rings. The van der Waals surface area contributed by atoms with E-state index < -0.39 is 5.97 Å². The molecule has 0 unspecified atom stereocenters. The Hall–Kier alpha value is -2.56. The average Bonchev–Trinajstić information content (AvgIpc) is 2.81. The molecule has 0 bridgehead atoms. The smallest absolute Gasteiger partial charge is 0.330 e. The van der Waals surface area contributed by atoms with E-state index in [1.54, 1.807) is 6.08 Å². The SMILES string of the molecule is COC(=O)/C=C/CNC(=O)c1[nH]c2ccccc2c1C. The van der Waals surface area contributed by atoms with E-state index in [9.17, 15) is 9.59 Å². The molecule has 2 rings (SSSR count). The molecule has 5 heteroatoms. The molecule has 0 aliphatic heterocycles. The predicted octanol–water partition coefficient (Wildman–Crippen LogP) is 1.94. The number of aromatic nitrogens is 1. The molecule has 0 spiro atoms. The van der Waals surface area contributed by atoms with Crippen molar-refractivity contribution in [2.45, 2.75) is 6.92 Å². The molecule has 1 heterocycles. The highest BCUT2D eigenvalue weighted by Crippen LogP contribution is 2.20. The van der Waals surface area contributed by atoms with Crippen LogP contribution in [0.25, 0.3) is 10.9 Å². The second-order valence-electron chi connectivity index (χ2n) is 4.31. The number of ether oxygens (including phenoxy) is 1. The summed E-state index contributed by atoms with van der Waals surface area (Å²) in [6.45, 7) is 2.17. The van der Waals surface area contributed by atoms with Crippen molar-refractivity contribution in [1.82, 2.24) is 10.3 Å². The number of hydrogen-bond donors (Lipinski definition) is 2. The van der Waals surface area contributed by atoms with E-state index in [1.807, 2.05) is 31.2 Å². The Morgan fingerprint density at radius 1 is 1.35 bits per heavy atom. The molecule has 0 radical (unpaired) electrons. The van der Waals surface area contributed by atoms with Crippen LogP contribution in [0.4, 0.5) is 0 Å². The second-order valence-corrected chi connectivity index (χ2v) is 4.31. The van der Waals surface area contributed by atoms with Crippen LogP contribution in [0.3, 0.4) is 0 Å². The van der Waals surface area contributed by atoms with E-state index in [4.69, 9.17) is 0 Å². The number of carbonyl (C=O) groups is 2. The number of H-pyrrole nitrogens is 1. The average molecular weight is 272 g/mol. The molecular formula is C15H16N2O3. The van der Waals surface area contributed by atoms with Crippen molar-refractivity contribution in [3.8, 4) is 0 Å². The molecular weight excluding hydrogens is 256 g/mol. The van der Waals surface area contributed by atoms with Gasteiger partial charge in [0.15, 0.2) is 0 Å². The predicted molar refractivity (Wildman–Crippen MR) is 76.5 cm³/mol. The summed E-state index contributed by atoms with van der Waals surface area (Å²) < 4.78 is 4.46. The van der Waals surface area contributed by atoms with Crippen LogP contribution in [0.1, 0.15) is 16.1 Å². The molecule has 5 nitrogen and oxygen atoms in total. The summed E-state index contributed by atoms with van der Waals surface area (Å²) in [5.41, 5.74) is 2.38. The minimum absolute atomic E-state index is 0.201. The number of para-hydroxylation sites is 1. The van der Waals surface area contributed by atoms with Crippen LogP contribution in [-0.2, 0) is 9.53 Å². The molecule has 0 saturated heterocycles. The molecule has 2 aromatic rings. The van der Waals surface area contributed by atoms with Crippen molar-refractivity contribution in [3.63, 3.8) is 0 Å². The number of rotatable bonds is 4. The maximum atomic E-state index is 12.1. The monoisotopic (exact) mass is 272 g/mol. The van der Waals surface area contributed by atoms with E-state index in [0.717, 1.165) is 16.5 Å². The molecule has 1 aromatic heterocycles. The molecule has 0 aliphatic rings. The lowest BCUT2D eigenvalue weighted by molar-refractivity contribution is -0.134. The van der Waals surface area contributed by atoms with Gasteiger partial charge in [-0.3, -0.25) is 4.79 Å².